The number of fused-ring (bicyclic) bond motifs is 1. The molecule has 122 valence electrons. The lowest BCUT2D eigenvalue weighted by Gasteiger charge is -2.22. The molecule has 0 bridgehead atoms. The van der Waals surface area contributed by atoms with E-state index in [9.17, 15) is 0 Å². The van der Waals surface area contributed by atoms with E-state index in [4.69, 9.17) is 9.84 Å². The third kappa shape index (κ3) is 3.06. The van der Waals surface area contributed by atoms with Gasteiger partial charge in [0, 0.05) is 50.8 Å². The maximum absolute atomic E-state index is 5.53. The number of aryl methyl sites for hydroxylation is 1. The average Bonchev–Trinajstić information content (AvgIpc) is 3.14. The summed E-state index contributed by atoms with van der Waals surface area (Å²) in [5, 5.41) is 4.82. The summed E-state index contributed by atoms with van der Waals surface area (Å²) in [6, 6.07) is 10.7. The predicted octanol–water partition coefficient (Wildman–Crippen LogP) is 2.52. The topological polar surface area (TPSA) is 30.3 Å². The molecule has 0 spiro atoms. The van der Waals surface area contributed by atoms with Crippen LogP contribution in [0.5, 0.6) is 0 Å². The Morgan fingerprint density at radius 1 is 1.17 bits per heavy atom. The van der Waals surface area contributed by atoms with Gasteiger partial charge in [-0.15, -0.1) is 0 Å². The molecule has 4 nitrogen and oxygen atoms in total. The van der Waals surface area contributed by atoms with Crippen LogP contribution in [0.15, 0.2) is 30.3 Å². The van der Waals surface area contributed by atoms with Gasteiger partial charge < -0.3 is 9.64 Å². The van der Waals surface area contributed by atoms with Crippen LogP contribution < -0.4 is 0 Å². The highest BCUT2D eigenvalue weighted by molar-refractivity contribution is 5.64. The lowest BCUT2D eigenvalue weighted by molar-refractivity contribution is 0.168. The second-order valence-electron chi connectivity index (χ2n) is 6.79. The number of benzene rings is 1. The van der Waals surface area contributed by atoms with Crippen molar-refractivity contribution in [3.63, 3.8) is 0 Å². The van der Waals surface area contributed by atoms with Crippen LogP contribution in [0, 0.1) is 5.92 Å². The summed E-state index contributed by atoms with van der Waals surface area (Å²) in [7, 11) is 2.07. The van der Waals surface area contributed by atoms with Gasteiger partial charge in [-0.05, 0) is 18.8 Å². The van der Waals surface area contributed by atoms with Gasteiger partial charge in [-0.2, -0.15) is 5.10 Å². The van der Waals surface area contributed by atoms with E-state index in [0.29, 0.717) is 0 Å². The molecule has 0 amide bonds. The molecule has 1 fully saturated rings. The van der Waals surface area contributed by atoms with Crippen LogP contribution in [0.25, 0.3) is 11.3 Å². The molecule has 1 atom stereocenters. The second kappa shape index (κ2) is 6.46. The fourth-order valence-electron chi connectivity index (χ4n) is 3.96. The standard InChI is InChI=1S/C19H25N3O/c1-21-19(16-5-3-2-4-6-16)17-7-10-22(11-8-18(17)20-21)13-15-9-12-23-14-15/h2-6,15H,7-14H2,1H3. The minimum absolute atomic E-state index is 0.722. The average molecular weight is 311 g/mol. The lowest BCUT2D eigenvalue weighted by Crippen LogP contribution is -2.32. The molecule has 0 radical (unpaired) electrons. The van der Waals surface area contributed by atoms with E-state index in [2.05, 4.69) is 47.0 Å². The first-order valence-corrected chi connectivity index (χ1v) is 8.71. The quantitative estimate of drug-likeness (QED) is 0.872. The summed E-state index contributed by atoms with van der Waals surface area (Å²) in [5.41, 5.74) is 5.31. The Morgan fingerprint density at radius 3 is 2.78 bits per heavy atom. The van der Waals surface area contributed by atoms with Gasteiger partial charge in [-0.1, -0.05) is 30.3 Å². The van der Waals surface area contributed by atoms with E-state index >= 15 is 0 Å². The molecule has 0 N–H and O–H groups in total. The van der Waals surface area contributed by atoms with Crippen molar-refractivity contribution in [2.75, 3.05) is 32.8 Å². The zero-order chi connectivity index (χ0) is 15.6. The van der Waals surface area contributed by atoms with Crippen molar-refractivity contribution < 1.29 is 4.74 Å². The number of ether oxygens (including phenoxy) is 1. The van der Waals surface area contributed by atoms with Crippen molar-refractivity contribution in [2.24, 2.45) is 13.0 Å². The van der Waals surface area contributed by atoms with Gasteiger partial charge in [-0.25, -0.2) is 0 Å². The van der Waals surface area contributed by atoms with Crippen molar-refractivity contribution in [3.8, 4) is 11.3 Å². The molecule has 0 aliphatic carbocycles. The fourth-order valence-corrected chi connectivity index (χ4v) is 3.96. The van der Waals surface area contributed by atoms with Crippen LogP contribution in [0.2, 0.25) is 0 Å². The third-order valence-corrected chi connectivity index (χ3v) is 5.16. The molecule has 1 saturated heterocycles. The monoisotopic (exact) mass is 311 g/mol. The Bertz CT molecular complexity index is 659. The maximum atomic E-state index is 5.53. The van der Waals surface area contributed by atoms with E-state index in [1.165, 1.54) is 35.5 Å². The Balaban J connectivity index is 1.54. The Hall–Kier alpha value is -1.65. The Morgan fingerprint density at radius 2 is 2.00 bits per heavy atom. The van der Waals surface area contributed by atoms with Crippen molar-refractivity contribution in [2.45, 2.75) is 19.3 Å². The van der Waals surface area contributed by atoms with Gasteiger partial charge in [0.25, 0.3) is 0 Å². The van der Waals surface area contributed by atoms with E-state index in [1.54, 1.807) is 0 Å². The molecule has 1 unspecified atom stereocenters. The number of hydrogen-bond donors (Lipinski definition) is 0. The molecule has 4 rings (SSSR count). The molecule has 2 aliphatic rings. The summed E-state index contributed by atoms with van der Waals surface area (Å²) < 4.78 is 7.60. The molecule has 3 heterocycles. The molecule has 1 aromatic carbocycles. The largest absolute Gasteiger partial charge is 0.381 e. The van der Waals surface area contributed by atoms with Crippen molar-refractivity contribution >= 4 is 0 Å². The lowest BCUT2D eigenvalue weighted by atomic mass is 10.0. The SMILES string of the molecule is Cn1nc2c(c1-c1ccccc1)CCN(CC1CCOC1)CC2. The van der Waals surface area contributed by atoms with Crippen LogP contribution in [0.1, 0.15) is 17.7 Å². The fraction of sp³-hybridized carbons (Fsp3) is 0.526. The molecular weight excluding hydrogens is 286 g/mol. The smallest absolute Gasteiger partial charge is 0.0714 e. The predicted molar refractivity (Wildman–Crippen MR) is 91.4 cm³/mol. The maximum Gasteiger partial charge on any atom is 0.0714 e. The molecule has 23 heavy (non-hydrogen) atoms. The third-order valence-electron chi connectivity index (χ3n) is 5.16. The highest BCUT2D eigenvalue weighted by atomic mass is 16.5. The zero-order valence-corrected chi connectivity index (χ0v) is 13.9. The van der Waals surface area contributed by atoms with E-state index < -0.39 is 0 Å². The summed E-state index contributed by atoms with van der Waals surface area (Å²) in [4.78, 5) is 2.61. The Kier molecular flexibility index (Phi) is 4.19. The Labute approximate surface area is 138 Å². The van der Waals surface area contributed by atoms with Crippen LogP contribution >= 0.6 is 0 Å². The number of hydrogen-bond acceptors (Lipinski definition) is 3. The summed E-state index contributed by atoms with van der Waals surface area (Å²) in [5.74, 6) is 0.722. The van der Waals surface area contributed by atoms with Crippen molar-refractivity contribution in [1.82, 2.24) is 14.7 Å². The van der Waals surface area contributed by atoms with Gasteiger partial charge in [0.2, 0.25) is 0 Å². The summed E-state index contributed by atoms with van der Waals surface area (Å²) >= 11 is 0. The normalized spacial score (nSPS) is 22.0. The van der Waals surface area contributed by atoms with Crippen LogP contribution in [-0.4, -0.2) is 47.5 Å². The molecule has 4 heteroatoms. The highest BCUT2D eigenvalue weighted by Crippen LogP contribution is 2.28. The highest BCUT2D eigenvalue weighted by Gasteiger charge is 2.24. The van der Waals surface area contributed by atoms with E-state index in [1.807, 2.05) is 0 Å². The van der Waals surface area contributed by atoms with Gasteiger partial charge in [-0.3, -0.25) is 4.68 Å². The van der Waals surface area contributed by atoms with Crippen LogP contribution in [-0.2, 0) is 24.6 Å². The van der Waals surface area contributed by atoms with Crippen molar-refractivity contribution in [3.05, 3.63) is 41.6 Å². The van der Waals surface area contributed by atoms with E-state index in [0.717, 1.165) is 45.1 Å². The van der Waals surface area contributed by atoms with Gasteiger partial charge in [0.1, 0.15) is 0 Å². The molecule has 1 aromatic heterocycles. The first-order valence-electron chi connectivity index (χ1n) is 8.71. The minimum atomic E-state index is 0.722. The van der Waals surface area contributed by atoms with Gasteiger partial charge >= 0.3 is 0 Å². The summed E-state index contributed by atoms with van der Waals surface area (Å²) in [6.07, 6.45) is 3.38. The van der Waals surface area contributed by atoms with Crippen LogP contribution in [0.4, 0.5) is 0 Å². The number of rotatable bonds is 3. The minimum Gasteiger partial charge on any atom is -0.381 e. The van der Waals surface area contributed by atoms with Crippen LogP contribution in [0.3, 0.4) is 0 Å². The zero-order valence-electron chi connectivity index (χ0n) is 13.9. The molecular formula is C19H25N3O. The first-order chi connectivity index (χ1) is 11.3. The van der Waals surface area contributed by atoms with Crippen molar-refractivity contribution in [1.29, 1.82) is 0 Å². The summed E-state index contributed by atoms with van der Waals surface area (Å²) in [6.45, 7) is 5.32. The number of nitrogens with zero attached hydrogens (tertiary/aromatic N) is 3. The number of aromatic nitrogens is 2. The van der Waals surface area contributed by atoms with E-state index in [-0.39, 0.29) is 0 Å². The molecule has 2 aromatic rings. The van der Waals surface area contributed by atoms with Gasteiger partial charge in [0.15, 0.2) is 0 Å². The second-order valence-corrected chi connectivity index (χ2v) is 6.79. The molecule has 2 aliphatic heterocycles. The molecule has 0 saturated carbocycles. The first kappa shape index (κ1) is 14.9. The van der Waals surface area contributed by atoms with Gasteiger partial charge in [0.05, 0.1) is 18.0 Å².